The van der Waals surface area contributed by atoms with Crippen LogP contribution in [0.3, 0.4) is 0 Å². The second kappa shape index (κ2) is 3.68. The van der Waals surface area contributed by atoms with Crippen LogP contribution in [-0.4, -0.2) is 6.61 Å². The molecular weight excluding hydrogens is 150 g/mol. The molecule has 0 bridgehead atoms. The molecule has 0 heterocycles. The largest absolute Gasteiger partial charge is 0.481 e. The average molecular weight is 161 g/mol. The van der Waals surface area contributed by atoms with Crippen molar-refractivity contribution in [1.82, 2.24) is 0 Å². The predicted octanol–water partition coefficient (Wildman–Crippen LogP) is 1.59. The summed E-state index contributed by atoms with van der Waals surface area (Å²) < 4.78 is 5.25. The summed E-state index contributed by atoms with van der Waals surface area (Å²) in [5, 5.41) is 0. The smallest absolute Gasteiger partial charge is 0.148 e. The third kappa shape index (κ3) is 1.70. The molecule has 2 N–H and O–H groups in total. The summed E-state index contributed by atoms with van der Waals surface area (Å²) in [5.74, 6) is 3.16. The second-order valence-corrected chi connectivity index (χ2v) is 2.46. The first kappa shape index (κ1) is 8.48. The van der Waals surface area contributed by atoms with Gasteiger partial charge in [-0.25, -0.2) is 0 Å². The zero-order valence-corrected chi connectivity index (χ0v) is 7.00. The Morgan fingerprint density at radius 3 is 3.00 bits per heavy atom. The summed E-state index contributed by atoms with van der Waals surface area (Å²) in [5.41, 5.74) is 7.32. The minimum absolute atomic E-state index is 0.282. The molecular formula is C10H11NO. The van der Waals surface area contributed by atoms with E-state index in [-0.39, 0.29) is 6.61 Å². The number of rotatable bonds is 2. The highest BCUT2D eigenvalue weighted by Gasteiger charge is 1.99. The highest BCUT2D eigenvalue weighted by Crippen LogP contribution is 2.22. The van der Waals surface area contributed by atoms with Crippen LogP contribution in [0.1, 0.15) is 5.56 Å². The Hall–Kier alpha value is -1.62. The minimum Gasteiger partial charge on any atom is -0.481 e. The lowest BCUT2D eigenvalue weighted by atomic mass is 10.2. The van der Waals surface area contributed by atoms with E-state index in [2.05, 4.69) is 5.92 Å². The van der Waals surface area contributed by atoms with E-state index in [0.717, 1.165) is 17.0 Å². The Bertz CT molecular complexity index is 312. The van der Waals surface area contributed by atoms with E-state index in [1.807, 2.05) is 25.1 Å². The van der Waals surface area contributed by atoms with Crippen LogP contribution in [0, 0.1) is 19.3 Å². The van der Waals surface area contributed by atoms with Gasteiger partial charge < -0.3 is 10.5 Å². The molecule has 1 aromatic rings. The van der Waals surface area contributed by atoms with Crippen molar-refractivity contribution in [3.63, 3.8) is 0 Å². The SMILES string of the molecule is C#CCOc1cccc(N)c1C. The number of ether oxygens (including phenoxy) is 1. The molecule has 0 spiro atoms. The highest BCUT2D eigenvalue weighted by atomic mass is 16.5. The molecule has 0 unspecified atom stereocenters. The van der Waals surface area contributed by atoms with E-state index in [4.69, 9.17) is 16.9 Å². The van der Waals surface area contributed by atoms with E-state index in [1.165, 1.54) is 0 Å². The van der Waals surface area contributed by atoms with Gasteiger partial charge in [0.15, 0.2) is 0 Å². The number of benzene rings is 1. The van der Waals surface area contributed by atoms with Gasteiger partial charge in [-0.1, -0.05) is 12.0 Å². The molecule has 0 saturated heterocycles. The average Bonchev–Trinajstić information content (AvgIpc) is 2.08. The van der Waals surface area contributed by atoms with Gasteiger partial charge in [-0.3, -0.25) is 0 Å². The van der Waals surface area contributed by atoms with Gasteiger partial charge in [-0.15, -0.1) is 6.42 Å². The molecule has 2 nitrogen and oxygen atoms in total. The highest BCUT2D eigenvalue weighted by molar-refractivity contribution is 5.53. The first-order valence-corrected chi connectivity index (χ1v) is 3.67. The molecule has 0 amide bonds. The quantitative estimate of drug-likeness (QED) is 0.528. The van der Waals surface area contributed by atoms with E-state index >= 15 is 0 Å². The summed E-state index contributed by atoms with van der Waals surface area (Å²) in [6.45, 7) is 2.19. The predicted molar refractivity (Wildman–Crippen MR) is 49.9 cm³/mol. The molecule has 0 aliphatic rings. The van der Waals surface area contributed by atoms with Crippen LogP contribution in [0.15, 0.2) is 18.2 Å². The van der Waals surface area contributed by atoms with E-state index in [9.17, 15) is 0 Å². The lowest BCUT2D eigenvalue weighted by molar-refractivity contribution is 0.368. The van der Waals surface area contributed by atoms with Crippen LogP contribution in [0.25, 0.3) is 0 Å². The van der Waals surface area contributed by atoms with Crippen LogP contribution in [0.2, 0.25) is 0 Å². The normalized spacial score (nSPS) is 9.00. The fraction of sp³-hybridized carbons (Fsp3) is 0.200. The van der Waals surface area contributed by atoms with Crippen molar-refractivity contribution in [2.24, 2.45) is 0 Å². The molecule has 0 aliphatic carbocycles. The van der Waals surface area contributed by atoms with Crippen molar-refractivity contribution in [2.45, 2.75) is 6.92 Å². The molecule has 0 aliphatic heterocycles. The monoisotopic (exact) mass is 161 g/mol. The lowest BCUT2D eigenvalue weighted by Crippen LogP contribution is -1.98. The van der Waals surface area contributed by atoms with Gasteiger partial charge in [0, 0.05) is 11.3 Å². The van der Waals surface area contributed by atoms with Crippen LogP contribution < -0.4 is 10.5 Å². The zero-order chi connectivity index (χ0) is 8.97. The number of terminal acetylenes is 1. The van der Waals surface area contributed by atoms with Gasteiger partial charge in [0.25, 0.3) is 0 Å². The minimum atomic E-state index is 0.282. The number of nitrogen functional groups attached to an aromatic ring is 1. The van der Waals surface area contributed by atoms with Gasteiger partial charge in [-0.05, 0) is 19.1 Å². The van der Waals surface area contributed by atoms with Crippen LogP contribution >= 0.6 is 0 Å². The number of anilines is 1. The Morgan fingerprint density at radius 1 is 1.58 bits per heavy atom. The Labute approximate surface area is 72.3 Å². The third-order valence-electron chi connectivity index (χ3n) is 1.64. The Balaban J connectivity index is 2.86. The van der Waals surface area contributed by atoms with Crippen molar-refractivity contribution in [3.8, 4) is 18.1 Å². The van der Waals surface area contributed by atoms with Crippen LogP contribution in [-0.2, 0) is 0 Å². The molecule has 0 fully saturated rings. The van der Waals surface area contributed by atoms with Gasteiger partial charge in [0.1, 0.15) is 12.4 Å². The van der Waals surface area contributed by atoms with Crippen LogP contribution in [0.4, 0.5) is 5.69 Å². The first-order valence-electron chi connectivity index (χ1n) is 3.67. The van der Waals surface area contributed by atoms with Crippen molar-refractivity contribution in [2.75, 3.05) is 12.3 Å². The van der Waals surface area contributed by atoms with Crippen molar-refractivity contribution < 1.29 is 4.74 Å². The van der Waals surface area contributed by atoms with E-state index in [0.29, 0.717) is 0 Å². The fourth-order valence-corrected chi connectivity index (χ4v) is 0.907. The number of hydrogen-bond donors (Lipinski definition) is 1. The molecule has 0 saturated carbocycles. The molecule has 0 aromatic heterocycles. The zero-order valence-electron chi connectivity index (χ0n) is 7.00. The first-order chi connectivity index (χ1) is 5.75. The van der Waals surface area contributed by atoms with Crippen LogP contribution in [0.5, 0.6) is 5.75 Å². The Kier molecular flexibility index (Phi) is 2.60. The van der Waals surface area contributed by atoms with Gasteiger partial charge in [0.05, 0.1) is 0 Å². The molecule has 0 radical (unpaired) electrons. The Morgan fingerprint density at radius 2 is 2.33 bits per heavy atom. The lowest BCUT2D eigenvalue weighted by Gasteiger charge is -2.07. The molecule has 1 aromatic carbocycles. The summed E-state index contributed by atoms with van der Waals surface area (Å²) in [4.78, 5) is 0. The second-order valence-electron chi connectivity index (χ2n) is 2.46. The topological polar surface area (TPSA) is 35.2 Å². The number of hydrogen-bond acceptors (Lipinski definition) is 2. The fourth-order valence-electron chi connectivity index (χ4n) is 0.907. The molecule has 1 rings (SSSR count). The van der Waals surface area contributed by atoms with E-state index < -0.39 is 0 Å². The van der Waals surface area contributed by atoms with Gasteiger partial charge >= 0.3 is 0 Å². The van der Waals surface area contributed by atoms with Gasteiger partial charge in [0.2, 0.25) is 0 Å². The maximum Gasteiger partial charge on any atom is 0.148 e. The van der Waals surface area contributed by atoms with Gasteiger partial charge in [-0.2, -0.15) is 0 Å². The summed E-state index contributed by atoms with van der Waals surface area (Å²) >= 11 is 0. The summed E-state index contributed by atoms with van der Waals surface area (Å²) in [6.07, 6.45) is 5.06. The maximum atomic E-state index is 5.66. The van der Waals surface area contributed by atoms with Crippen molar-refractivity contribution in [1.29, 1.82) is 0 Å². The molecule has 62 valence electrons. The van der Waals surface area contributed by atoms with E-state index in [1.54, 1.807) is 0 Å². The molecule has 2 heteroatoms. The summed E-state index contributed by atoms with van der Waals surface area (Å²) in [6, 6.07) is 5.52. The molecule has 0 atom stereocenters. The van der Waals surface area contributed by atoms with Crippen molar-refractivity contribution >= 4 is 5.69 Å². The maximum absolute atomic E-state index is 5.66. The summed E-state index contributed by atoms with van der Waals surface area (Å²) in [7, 11) is 0. The van der Waals surface area contributed by atoms with Crippen molar-refractivity contribution in [3.05, 3.63) is 23.8 Å². The molecule has 12 heavy (non-hydrogen) atoms. The third-order valence-corrected chi connectivity index (χ3v) is 1.64. The number of nitrogens with two attached hydrogens (primary N) is 1. The standard InChI is InChI=1S/C10H11NO/c1-3-7-12-10-6-4-5-9(11)8(10)2/h1,4-6H,7,11H2,2H3.